The fourth-order valence-corrected chi connectivity index (χ4v) is 2.37. The lowest BCUT2D eigenvalue weighted by atomic mass is 9.93. The fourth-order valence-electron chi connectivity index (χ4n) is 2.37. The van der Waals surface area contributed by atoms with Crippen molar-refractivity contribution in [3.8, 4) is 0 Å². The minimum atomic E-state index is -0.0773. The molecule has 1 aliphatic heterocycles. The van der Waals surface area contributed by atoms with E-state index in [1.165, 1.54) is 11.1 Å². The largest absolute Gasteiger partial charge is 0.373 e. The van der Waals surface area contributed by atoms with Crippen molar-refractivity contribution in [3.05, 3.63) is 35.4 Å². The van der Waals surface area contributed by atoms with Crippen molar-refractivity contribution in [2.75, 3.05) is 6.61 Å². The normalized spacial score (nSPS) is 20.2. The molecule has 18 heavy (non-hydrogen) atoms. The van der Waals surface area contributed by atoms with Gasteiger partial charge in [0.05, 0.1) is 12.7 Å². The number of Topliss-reactive ketones (excluding diaryl/α,β-unsaturated/α-hetero) is 1. The molecule has 1 aromatic carbocycles. The minimum Gasteiger partial charge on any atom is -0.373 e. The molecule has 2 unspecified atom stereocenters. The highest BCUT2D eigenvalue weighted by molar-refractivity contribution is 5.79. The number of benzene rings is 1. The van der Waals surface area contributed by atoms with E-state index in [9.17, 15) is 4.79 Å². The maximum atomic E-state index is 11.9. The Balaban J connectivity index is 2.01. The number of nitrogens with two attached hydrogens (primary N) is 1. The van der Waals surface area contributed by atoms with Crippen molar-refractivity contribution >= 4 is 5.78 Å². The molecule has 0 spiro atoms. The van der Waals surface area contributed by atoms with Crippen LogP contribution in [0.15, 0.2) is 24.3 Å². The molecule has 1 heterocycles. The Kier molecular flexibility index (Phi) is 4.50. The van der Waals surface area contributed by atoms with Gasteiger partial charge in [-0.3, -0.25) is 4.79 Å². The standard InChI is InChI=1S/C15H21NO2/c1-2-12(16)9-13(17)10-15-14-6-4-3-5-11(14)7-8-18-15/h3-6,12,15H,2,7-10,16H2,1H3. The van der Waals surface area contributed by atoms with Gasteiger partial charge in [0.15, 0.2) is 0 Å². The summed E-state index contributed by atoms with van der Waals surface area (Å²) in [5, 5.41) is 0. The third kappa shape index (κ3) is 3.18. The van der Waals surface area contributed by atoms with Gasteiger partial charge in [0.2, 0.25) is 0 Å². The van der Waals surface area contributed by atoms with E-state index in [0.29, 0.717) is 19.4 Å². The third-order valence-corrected chi connectivity index (χ3v) is 3.52. The van der Waals surface area contributed by atoms with Crippen LogP contribution in [0.1, 0.15) is 43.4 Å². The summed E-state index contributed by atoms with van der Waals surface area (Å²) >= 11 is 0. The van der Waals surface area contributed by atoms with Gasteiger partial charge in [0.1, 0.15) is 5.78 Å². The molecule has 0 fully saturated rings. The first kappa shape index (κ1) is 13.2. The molecule has 2 N–H and O–H groups in total. The van der Waals surface area contributed by atoms with Gasteiger partial charge < -0.3 is 10.5 Å². The predicted octanol–water partition coefficient (Wildman–Crippen LogP) is 2.39. The third-order valence-electron chi connectivity index (χ3n) is 3.52. The molecule has 3 nitrogen and oxygen atoms in total. The molecule has 1 aromatic rings. The van der Waals surface area contributed by atoms with Crippen LogP contribution in [0, 0.1) is 0 Å². The molecule has 2 atom stereocenters. The first-order valence-electron chi connectivity index (χ1n) is 6.67. The topological polar surface area (TPSA) is 52.3 Å². The van der Waals surface area contributed by atoms with E-state index >= 15 is 0 Å². The van der Waals surface area contributed by atoms with Gasteiger partial charge in [-0.15, -0.1) is 0 Å². The van der Waals surface area contributed by atoms with Crippen LogP contribution in [-0.4, -0.2) is 18.4 Å². The Bertz CT molecular complexity index is 417. The maximum absolute atomic E-state index is 11.9. The van der Waals surface area contributed by atoms with E-state index in [1.807, 2.05) is 19.1 Å². The van der Waals surface area contributed by atoms with Gasteiger partial charge in [-0.25, -0.2) is 0 Å². The van der Waals surface area contributed by atoms with Crippen molar-refractivity contribution in [1.29, 1.82) is 0 Å². The van der Waals surface area contributed by atoms with Crippen LogP contribution in [-0.2, 0) is 16.0 Å². The van der Waals surface area contributed by atoms with E-state index < -0.39 is 0 Å². The zero-order valence-electron chi connectivity index (χ0n) is 10.9. The Morgan fingerprint density at radius 3 is 3.06 bits per heavy atom. The van der Waals surface area contributed by atoms with Crippen molar-refractivity contribution in [2.45, 2.75) is 44.8 Å². The number of ketones is 1. The highest BCUT2D eigenvalue weighted by atomic mass is 16.5. The number of rotatable bonds is 5. The second-order valence-electron chi connectivity index (χ2n) is 4.92. The van der Waals surface area contributed by atoms with Crippen molar-refractivity contribution in [3.63, 3.8) is 0 Å². The summed E-state index contributed by atoms with van der Waals surface area (Å²) in [5.74, 6) is 0.200. The van der Waals surface area contributed by atoms with Gasteiger partial charge in [-0.2, -0.15) is 0 Å². The Morgan fingerprint density at radius 2 is 2.28 bits per heavy atom. The highest BCUT2D eigenvalue weighted by Gasteiger charge is 2.23. The molecule has 2 rings (SSSR count). The number of hydrogen-bond acceptors (Lipinski definition) is 3. The molecule has 98 valence electrons. The van der Waals surface area contributed by atoms with Crippen LogP contribution in [0.3, 0.4) is 0 Å². The molecule has 0 radical (unpaired) electrons. The highest BCUT2D eigenvalue weighted by Crippen LogP contribution is 2.29. The summed E-state index contributed by atoms with van der Waals surface area (Å²) in [7, 11) is 0. The van der Waals surface area contributed by atoms with Crippen LogP contribution >= 0.6 is 0 Å². The minimum absolute atomic E-state index is 0.0173. The average Bonchev–Trinajstić information content (AvgIpc) is 2.39. The molecule has 3 heteroatoms. The number of carbonyl (C=O) groups is 1. The molecule has 0 amide bonds. The molecular formula is C15H21NO2. The number of fused-ring (bicyclic) bond motifs is 1. The zero-order chi connectivity index (χ0) is 13.0. The summed E-state index contributed by atoms with van der Waals surface area (Å²) in [6.45, 7) is 2.71. The second-order valence-corrected chi connectivity index (χ2v) is 4.92. The van der Waals surface area contributed by atoms with Crippen molar-refractivity contribution in [1.82, 2.24) is 0 Å². The maximum Gasteiger partial charge on any atom is 0.137 e. The summed E-state index contributed by atoms with van der Waals surface area (Å²) < 4.78 is 5.73. The number of ether oxygens (including phenoxy) is 1. The van der Waals surface area contributed by atoms with E-state index in [1.54, 1.807) is 0 Å². The van der Waals surface area contributed by atoms with Crippen LogP contribution in [0.2, 0.25) is 0 Å². The molecule has 0 aromatic heterocycles. The monoisotopic (exact) mass is 247 g/mol. The van der Waals surface area contributed by atoms with Gasteiger partial charge >= 0.3 is 0 Å². The first-order valence-corrected chi connectivity index (χ1v) is 6.67. The van der Waals surface area contributed by atoms with E-state index in [4.69, 9.17) is 10.5 Å². The van der Waals surface area contributed by atoms with E-state index in [-0.39, 0.29) is 17.9 Å². The summed E-state index contributed by atoms with van der Waals surface area (Å²) in [5.41, 5.74) is 8.29. The summed E-state index contributed by atoms with van der Waals surface area (Å²) in [6, 6.07) is 8.20. The van der Waals surface area contributed by atoms with Crippen molar-refractivity contribution < 1.29 is 9.53 Å². The first-order chi connectivity index (χ1) is 8.70. The zero-order valence-corrected chi connectivity index (χ0v) is 10.9. The summed E-state index contributed by atoms with van der Waals surface area (Å²) in [4.78, 5) is 11.9. The second kappa shape index (κ2) is 6.12. The van der Waals surface area contributed by atoms with Gasteiger partial charge in [0, 0.05) is 18.9 Å². The van der Waals surface area contributed by atoms with Crippen LogP contribution in [0.5, 0.6) is 0 Å². The Morgan fingerprint density at radius 1 is 1.50 bits per heavy atom. The lowest BCUT2D eigenvalue weighted by Crippen LogP contribution is -2.25. The molecular weight excluding hydrogens is 226 g/mol. The Labute approximate surface area is 108 Å². The fraction of sp³-hybridized carbons (Fsp3) is 0.533. The molecule has 0 saturated carbocycles. The molecule has 0 saturated heterocycles. The van der Waals surface area contributed by atoms with Crippen molar-refractivity contribution in [2.24, 2.45) is 5.73 Å². The van der Waals surface area contributed by atoms with Crippen LogP contribution in [0.25, 0.3) is 0 Å². The summed E-state index contributed by atoms with van der Waals surface area (Å²) in [6.07, 6.45) is 2.61. The Hall–Kier alpha value is -1.19. The van der Waals surface area contributed by atoms with Crippen LogP contribution < -0.4 is 5.73 Å². The number of hydrogen-bond donors (Lipinski definition) is 1. The van der Waals surface area contributed by atoms with Crippen LogP contribution in [0.4, 0.5) is 0 Å². The van der Waals surface area contributed by atoms with Gasteiger partial charge in [-0.1, -0.05) is 31.2 Å². The van der Waals surface area contributed by atoms with E-state index in [2.05, 4.69) is 12.1 Å². The molecule has 0 aliphatic carbocycles. The predicted molar refractivity (Wildman–Crippen MR) is 71.3 cm³/mol. The molecule has 0 bridgehead atoms. The smallest absolute Gasteiger partial charge is 0.137 e. The average molecular weight is 247 g/mol. The van der Waals surface area contributed by atoms with Gasteiger partial charge in [0.25, 0.3) is 0 Å². The van der Waals surface area contributed by atoms with Gasteiger partial charge in [-0.05, 0) is 24.0 Å². The lowest BCUT2D eigenvalue weighted by molar-refractivity contribution is -0.122. The SMILES string of the molecule is CCC(N)CC(=O)CC1OCCc2ccccc21. The molecule has 1 aliphatic rings. The van der Waals surface area contributed by atoms with E-state index in [0.717, 1.165) is 12.8 Å². The lowest BCUT2D eigenvalue weighted by Gasteiger charge is -2.25. The number of carbonyl (C=O) groups excluding carboxylic acids is 1. The quantitative estimate of drug-likeness (QED) is 0.869.